The smallest absolute Gasteiger partial charge is 0.177 e. The van der Waals surface area contributed by atoms with Gasteiger partial charge in [0.15, 0.2) is 5.65 Å². The van der Waals surface area contributed by atoms with E-state index < -0.39 is 6.10 Å². The molecule has 1 atom stereocenters. The molecule has 1 N–H and O–H groups in total. The van der Waals surface area contributed by atoms with Gasteiger partial charge >= 0.3 is 0 Å². The van der Waals surface area contributed by atoms with E-state index in [9.17, 15) is 5.11 Å². The number of nitriles is 1. The first-order valence-electron chi connectivity index (χ1n) is 10.8. The van der Waals surface area contributed by atoms with Gasteiger partial charge in [0.25, 0.3) is 0 Å². The Labute approximate surface area is 180 Å². The van der Waals surface area contributed by atoms with Crippen LogP contribution in [0.15, 0.2) is 30.6 Å². The fourth-order valence-corrected chi connectivity index (χ4v) is 4.91. The molecule has 1 unspecified atom stereocenters. The van der Waals surface area contributed by atoms with Crippen LogP contribution in [-0.2, 0) is 0 Å². The van der Waals surface area contributed by atoms with Gasteiger partial charge in [-0.05, 0) is 62.4 Å². The van der Waals surface area contributed by atoms with Crippen molar-refractivity contribution in [1.82, 2.24) is 29.7 Å². The number of nitrogens with zero attached hydrogens (tertiary/aromatic N) is 8. The van der Waals surface area contributed by atoms with E-state index in [4.69, 9.17) is 5.26 Å². The quantitative estimate of drug-likeness (QED) is 0.683. The maximum absolute atomic E-state index is 10.7. The van der Waals surface area contributed by atoms with E-state index in [0.29, 0.717) is 28.9 Å². The van der Waals surface area contributed by atoms with E-state index >= 15 is 0 Å². The number of aliphatic hydroxyl groups is 1. The van der Waals surface area contributed by atoms with Crippen molar-refractivity contribution in [2.75, 3.05) is 37.6 Å². The summed E-state index contributed by atoms with van der Waals surface area (Å²) in [6.45, 7) is 6.35. The third kappa shape index (κ3) is 3.84. The standard InChI is InChI=1S/C22H26N8O/c1-16-17(12-23)2-3-18(25-16)19(31)13-28-9-6-22(14-28)7-10-29(11-8-22)21-5-4-20-26-24-15-30(20)27-21/h2-5,15,19,31H,6-11,13-14H2,1H3. The van der Waals surface area contributed by atoms with Gasteiger partial charge in [0.2, 0.25) is 0 Å². The topological polar surface area (TPSA) is 106 Å². The summed E-state index contributed by atoms with van der Waals surface area (Å²) in [4.78, 5) is 9.12. The molecule has 2 saturated heterocycles. The highest BCUT2D eigenvalue weighted by Crippen LogP contribution is 2.41. The van der Waals surface area contributed by atoms with Gasteiger partial charge in [0, 0.05) is 26.2 Å². The summed E-state index contributed by atoms with van der Waals surface area (Å²) in [5, 5.41) is 32.3. The number of rotatable bonds is 4. The number of hydrogen-bond donors (Lipinski definition) is 1. The minimum Gasteiger partial charge on any atom is -0.385 e. The second-order valence-electron chi connectivity index (χ2n) is 8.79. The summed E-state index contributed by atoms with van der Waals surface area (Å²) in [5.74, 6) is 0.967. The molecule has 2 fully saturated rings. The van der Waals surface area contributed by atoms with E-state index in [0.717, 1.165) is 56.9 Å². The molecule has 160 valence electrons. The second kappa shape index (κ2) is 7.87. The molecule has 31 heavy (non-hydrogen) atoms. The number of β-amino-alcohol motifs (C(OH)–C–C–N with tert-alkyl or cyclic N) is 1. The van der Waals surface area contributed by atoms with Gasteiger partial charge in [-0.25, -0.2) is 0 Å². The van der Waals surface area contributed by atoms with Crippen LogP contribution in [0, 0.1) is 23.7 Å². The Morgan fingerprint density at radius 1 is 1.16 bits per heavy atom. The zero-order valence-corrected chi connectivity index (χ0v) is 17.6. The predicted molar refractivity (Wildman–Crippen MR) is 114 cm³/mol. The molecule has 3 aromatic heterocycles. The molecule has 0 radical (unpaired) electrons. The van der Waals surface area contributed by atoms with Crippen molar-refractivity contribution in [3.05, 3.63) is 47.5 Å². The van der Waals surface area contributed by atoms with Crippen LogP contribution in [0.4, 0.5) is 5.82 Å². The highest BCUT2D eigenvalue weighted by molar-refractivity contribution is 5.45. The van der Waals surface area contributed by atoms with Crippen LogP contribution in [0.2, 0.25) is 0 Å². The molecule has 2 aliphatic rings. The molecule has 5 heterocycles. The van der Waals surface area contributed by atoms with Crippen molar-refractivity contribution in [2.45, 2.75) is 32.3 Å². The van der Waals surface area contributed by atoms with Crippen LogP contribution in [-0.4, -0.2) is 67.5 Å². The summed E-state index contributed by atoms with van der Waals surface area (Å²) in [7, 11) is 0. The number of fused-ring (bicyclic) bond motifs is 1. The third-order valence-electron chi connectivity index (χ3n) is 6.81. The molecule has 0 amide bonds. The van der Waals surface area contributed by atoms with E-state index in [2.05, 4.69) is 36.1 Å². The van der Waals surface area contributed by atoms with E-state index in [1.165, 1.54) is 0 Å². The monoisotopic (exact) mass is 418 g/mol. The Morgan fingerprint density at radius 2 is 1.97 bits per heavy atom. The lowest BCUT2D eigenvalue weighted by atomic mass is 9.78. The Bertz CT molecular complexity index is 1130. The van der Waals surface area contributed by atoms with Gasteiger partial charge in [0.1, 0.15) is 24.3 Å². The van der Waals surface area contributed by atoms with Crippen molar-refractivity contribution >= 4 is 11.5 Å². The third-order valence-corrected chi connectivity index (χ3v) is 6.81. The van der Waals surface area contributed by atoms with E-state index in [-0.39, 0.29) is 0 Å². The van der Waals surface area contributed by atoms with Crippen LogP contribution in [0.5, 0.6) is 0 Å². The van der Waals surface area contributed by atoms with Crippen LogP contribution < -0.4 is 4.90 Å². The Kier molecular flexibility index (Phi) is 5.04. The van der Waals surface area contributed by atoms with Gasteiger partial charge in [0.05, 0.1) is 17.0 Å². The van der Waals surface area contributed by atoms with Gasteiger partial charge in [-0.2, -0.15) is 9.78 Å². The molecule has 0 aromatic carbocycles. The number of aryl methyl sites for hydroxylation is 1. The van der Waals surface area contributed by atoms with Crippen molar-refractivity contribution in [1.29, 1.82) is 5.26 Å². The first-order valence-corrected chi connectivity index (χ1v) is 10.8. The number of likely N-dealkylation sites (tertiary alicyclic amines) is 1. The largest absolute Gasteiger partial charge is 0.385 e. The SMILES string of the molecule is Cc1nc(C(O)CN2CCC3(CCN(c4ccc5nncn5n4)CC3)C2)ccc1C#N. The number of pyridine rings is 1. The summed E-state index contributed by atoms with van der Waals surface area (Å²) in [5.41, 5.74) is 2.94. The van der Waals surface area contributed by atoms with Gasteiger partial charge in [-0.1, -0.05) is 0 Å². The van der Waals surface area contributed by atoms with Crippen molar-refractivity contribution < 1.29 is 5.11 Å². The summed E-state index contributed by atoms with van der Waals surface area (Å²) < 4.78 is 1.72. The van der Waals surface area contributed by atoms with Gasteiger partial charge in [-0.15, -0.1) is 15.3 Å². The fourth-order valence-electron chi connectivity index (χ4n) is 4.91. The number of aliphatic hydroxyl groups excluding tert-OH is 1. The van der Waals surface area contributed by atoms with Crippen molar-refractivity contribution in [3.63, 3.8) is 0 Å². The molecule has 1 spiro atoms. The molecular formula is C22H26N8O. The molecule has 5 rings (SSSR count). The molecule has 9 heteroatoms. The Morgan fingerprint density at radius 3 is 2.74 bits per heavy atom. The summed E-state index contributed by atoms with van der Waals surface area (Å²) in [6, 6.07) is 9.61. The second-order valence-corrected chi connectivity index (χ2v) is 8.79. The lowest BCUT2D eigenvalue weighted by molar-refractivity contribution is 0.111. The molecule has 9 nitrogen and oxygen atoms in total. The molecule has 0 saturated carbocycles. The molecular weight excluding hydrogens is 392 g/mol. The summed E-state index contributed by atoms with van der Waals surface area (Å²) >= 11 is 0. The minimum absolute atomic E-state index is 0.310. The first-order chi connectivity index (χ1) is 15.0. The number of hydrogen-bond acceptors (Lipinski definition) is 8. The zero-order valence-electron chi connectivity index (χ0n) is 17.6. The highest BCUT2D eigenvalue weighted by Gasteiger charge is 2.41. The van der Waals surface area contributed by atoms with Gasteiger partial charge < -0.3 is 10.0 Å². The Balaban J connectivity index is 1.19. The lowest BCUT2D eigenvalue weighted by Gasteiger charge is -2.40. The first kappa shape index (κ1) is 19.8. The lowest BCUT2D eigenvalue weighted by Crippen LogP contribution is -2.42. The molecule has 0 bridgehead atoms. The average molecular weight is 419 g/mol. The maximum atomic E-state index is 10.7. The minimum atomic E-state index is -0.638. The number of aromatic nitrogens is 5. The van der Waals surface area contributed by atoms with E-state index in [1.807, 2.05) is 19.1 Å². The average Bonchev–Trinajstić information content (AvgIpc) is 3.41. The van der Waals surface area contributed by atoms with Crippen molar-refractivity contribution in [2.24, 2.45) is 5.41 Å². The summed E-state index contributed by atoms with van der Waals surface area (Å²) in [6.07, 6.45) is 4.40. The predicted octanol–water partition coefficient (Wildman–Crippen LogP) is 1.73. The highest BCUT2D eigenvalue weighted by atomic mass is 16.3. The number of anilines is 1. The van der Waals surface area contributed by atoms with Crippen LogP contribution >= 0.6 is 0 Å². The molecule has 3 aromatic rings. The fraction of sp³-hybridized carbons (Fsp3) is 0.500. The van der Waals surface area contributed by atoms with E-state index in [1.54, 1.807) is 23.0 Å². The van der Waals surface area contributed by atoms with Crippen LogP contribution in [0.3, 0.4) is 0 Å². The van der Waals surface area contributed by atoms with Gasteiger partial charge in [-0.3, -0.25) is 9.88 Å². The molecule has 2 aliphatic heterocycles. The normalized spacial score (nSPS) is 19.7. The van der Waals surface area contributed by atoms with Crippen molar-refractivity contribution in [3.8, 4) is 6.07 Å². The maximum Gasteiger partial charge on any atom is 0.177 e. The van der Waals surface area contributed by atoms with Crippen LogP contribution in [0.25, 0.3) is 5.65 Å². The van der Waals surface area contributed by atoms with Crippen LogP contribution in [0.1, 0.15) is 42.3 Å². The molecule has 0 aliphatic carbocycles. The zero-order chi connectivity index (χ0) is 21.4. The Hall–Kier alpha value is -3.09. The number of piperidine rings is 1.